The molecule has 1 aliphatic rings. The van der Waals surface area contributed by atoms with Crippen LogP contribution >= 0.6 is 0 Å². The topological polar surface area (TPSA) is 54.0 Å². The number of cyclic esters (lactones) is 1. The molecule has 0 spiro atoms. The molecule has 0 N–H and O–H groups in total. The van der Waals surface area contributed by atoms with Gasteiger partial charge in [-0.1, -0.05) is 114 Å². The molecule has 0 unspecified atom stereocenters. The summed E-state index contributed by atoms with van der Waals surface area (Å²) in [4.78, 5) is 14.3. The van der Waals surface area contributed by atoms with E-state index < -0.39 is 30.9 Å². The molecular formula is C48H92O5Si3. The Bertz CT molecular complexity index is 1300. The van der Waals surface area contributed by atoms with Crippen LogP contribution in [0.3, 0.4) is 0 Å². The Morgan fingerprint density at radius 1 is 0.714 bits per heavy atom. The predicted octanol–water partition coefficient (Wildman–Crippen LogP) is 14.8. The van der Waals surface area contributed by atoms with E-state index >= 15 is 0 Å². The third-order valence-corrected chi connectivity index (χ3v) is 27.0. The first kappa shape index (κ1) is 53.1. The highest BCUT2D eigenvalue weighted by Crippen LogP contribution is 2.43. The van der Waals surface area contributed by atoms with Crippen molar-refractivity contribution in [2.75, 3.05) is 0 Å². The fraction of sp³-hybridized carbons (Fsp3) is 0.854. The van der Waals surface area contributed by atoms with E-state index in [9.17, 15) is 4.79 Å². The van der Waals surface area contributed by atoms with Crippen molar-refractivity contribution in [2.24, 2.45) is 17.8 Å². The van der Waals surface area contributed by atoms with Gasteiger partial charge in [0, 0.05) is 12.8 Å². The molecule has 56 heavy (non-hydrogen) atoms. The van der Waals surface area contributed by atoms with Gasteiger partial charge in [0.1, 0.15) is 6.10 Å². The van der Waals surface area contributed by atoms with E-state index in [1.807, 2.05) is 6.92 Å². The van der Waals surface area contributed by atoms with Crippen LogP contribution in [0.4, 0.5) is 0 Å². The molecule has 0 saturated heterocycles. The van der Waals surface area contributed by atoms with Crippen molar-refractivity contribution in [2.45, 2.75) is 246 Å². The maximum absolute atomic E-state index is 14.3. The summed E-state index contributed by atoms with van der Waals surface area (Å²) in [5, 5.41) is 0.184. The molecule has 8 heteroatoms. The van der Waals surface area contributed by atoms with Crippen molar-refractivity contribution in [1.82, 2.24) is 0 Å². The molecule has 0 aliphatic carbocycles. The van der Waals surface area contributed by atoms with E-state index in [1.54, 1.807) is 0 Å². The molecular weight excluding hydrogens is 741 g/mol. The first-order valence-electron chi connectivity index (χ1n) is 22.5. The van der Waals surface area contributed by atoms with Crippen molar-refractivity contribution < 1.29 is 22.8 Å². The summed E-state index contributed by atoms with van der Waals surface area (Å²) in [6.45, 7) is 45.9. The van der Waals surface area contributed by atoms with Crippen molar-refractivity contribution in [3.8, 4) is 11.8 Å². The summed E-state index contributed by atoms with van der Waals surface area (Å²) in [6, 6.07) is 0. The molecule has 0 aromatic rings. The summed E-state index contributed by atoms with van der Waals surface area (Å²) in [7, 11) is -6.46. The van der Waals surface area contributed by atoms with Gasteiger partial charge < -0.3 is 18.0 Å². The van der Waals surface area contributed by atoms with E-state index in [2.05, 4.69) is 159 Å². The first-order chi connectivity index (χ1) is 25.4. The van der Waals surface area contributed by atoms with E-state index in [-0.39, 0.29) is 51.4 Å². The lowest BCUT2D eigenvalue weighted by atomic mass is 9.90. The van der Waals surface area contributed by atoms with Crippen molar-refractivity contribution >= 4 is 30.9 Å². The number of esters is 1. The number of allylic oxidation sites excluding steroid dienone is 3. The molecule has 1 heterocycles. The van der Waals surface area contributed by atoms with E-state index in [0.717, 1.165) is 56.9 Å². The zero-order valence-electron chi connectivity index (χ0n) is 40.6. The number of carbonyl (C=O) groups excluding carboxylic acids is 1. The van der Waals surface area contributed by atoms with Gasteiger partial charge in [-0.15, -0.1) is 11.8 Å². The minimum absolute atomic E-state index is 0.0185. The quantitative estimate of drug-likeness (QED) is 0.0645. The fourth-order valence-corrected chi connectivity index (χ4v) is 10.5. The van der Waals surface area contributed by atoms with Gasteiger partial charge >= 0.3 is 5.97 Å². The van der Waals surface area contributed by atoms with Crippen LogP contribution in [0, 0.1) is 29.6 Å². The third kappa shape index (κ3) is 18.1. The Morgan fingerprint density at radius 2 is 1.21 bits per heavy atom. The highest BCUT2D eigenvalue weighted by molar-refractivity contribution is 6.75. The minimum atomic E-state index is -2.21. The van der Waals surface area contributed by atoms with E-state index in [4.69, 9.17) is 18.0 Å². The summed E-state index contributed by atoms with van der Waals surface area (Å²) >= 11 is 0. The fourth-order valence-electron chi connectivity index (χ4n) is 6.34. The molecule has 0 bridgehead atoms. The predicted molar refractivity (Wildman–Crippen MR) is 251 cm³/mol. The Balaban J connectivity index is 3.77. The minimum Gasteiger partial charge on any atom is -0.458 e. The SMILES string of the molecule is CCCCC/C=C/C(C)=C/[C@@H]1C[C@H](C)CC#CCC[C@H](O[Si](C)(C)C(C)(C)C)[C@@H](O[Si](C)(C)C(C)(C)C)CC[C@H](C)C[C@@H](O[Si](C)(C)C(C)(C)C)[C@@H](C)C(=O)O1. The largest absolute Gasteiger partial charge is 0.458 e. The smallest absolute Gasteiger partial charge is 0.311 e. The van der Waals surface area contributed by atoms with Crippen LogP contribution in [0.25, 0.3) is 0 Å². The number of carbonyl (C=O) groups is 1. The van der Waals surface area contributed by atoms with Crippen molar-refractivity contribution in [1.29, 1.82) is 0 Å². The van der Waals surface area contributed by atoms with Crippen LogP contribution in [0.5, 0.6) is 0 Å². The van der Waals surface area contributed by atoms with Crippen LogP contribution in [0.15, 0.2) is 23.8 Å². The molecule has 0 aromatic carbocycles. The monoisotopic (exact) mass is 833 g/mol. The highest BCUT2D eigenvalue weighted by Gasteiger charge is 2.45. The van der Waals surface area contributed by atoms with Gasteiger partial charge in [-0.2, -0.15) is 0 Å². The van der Waals surface area contributed by atoms with Crippen LogP contribution in [-0.2, 0) is 22.8 Å². The maximum Gasteiger partial charge on any atom is 0.311 e. The van der Waals surface area contributed by atoms with E-state index in [1.165, 1.54) is 19.3 Å². The van der Waals surface area contributed by atoms with Gasteiger partial charge in [-0.05, 0) is 131 Å². The molecule has 7 atom stereocenters. The highest BCUT2D eigenvalue weighted by atomic mass is 28.4. The van der Waals surface area contributed by atoms with Gasteiger partial charge in [0.2, 0.25) is 0 Å². The number of ether oxygens (including phenoxy) is 1. The van der Waals surface area contributed by atoms with Gasteiger partial charge in [0.15, 0.2) is 25.0 Å². The first-order valence-corrected chi connectivity index (χ1v) is 31.2. The number of unbranched alkanes of at least 4 members (excludes halogenated alkanes) is 3. The van der Waals surface area contributed by atoms with Crippen LogP contribution < -0.4 is 0 Å². The second kappa shape index (κ2) is 22.6. The Morgan fingerprint density at radius 3 is 1.71 bits per heavy atom. The lowest BCUT2D eigenvalue weighted by Gasteiger charge is -2.45. The van der Waals surface area contributed by atoms with Gasteiger partial charge in [0.05, 0.1) is 24.2 Å². The molecule has 5 nitrogen and oxygen atoms in total. The molecule has 0 radical (unpaired) electrons. The van der Waals surface area contributed by atoms with Crippen molar-refractivity contribution in [3.63, 3.8) is 0 Å². The molecule has 1 aliphatic heterocycles. The molecule has 0 amide bonds. The normalized spacial score (nSPS) is 27.0. The summed E-state index contributed by atoms with van der Waals surface area (Å²) in [5.74, 6) is 7.09. The summed E-state index contributed by atoms with van der Waals surface area (Å²) in [5.41, 5.74) is 1.14. The van der Waals surface area contributed by atoms with E-state index in [0.29, 0.717) is 5.92 Å². The molecule has 1 rings (SSSR count). The summed E-state index contributed by atoms with van der Waals surface area (Å²) < 4.78 is 28.4. The zero-order valence-corrected chi connectivity index (χ0v) is 43.6. The van der Waals surface area contributed by atoms with Gasteiger partial charge in [-0.25, -0.2) is 0 Å². The van der Waals surface area contributed by atoms with Crippen molar-refractivity contribution in [3.05, 3.63) is 23.8 Å². The Hall–Kier alpha value is -0.959. The Labute approximate surface area is 352 Å². The average molecular weight is 834 g/mol. The molecule has 0 aromatic heterocycles. The molecule has 0 fully saturated rings. The maximum atomic E-state index is 14.3. The molecule has 326 valence electrons. The zero-order chi connectivity index (χ0) is 43.3. The van der Waals surface area contributed by atoms with Gasteiger partial charge in [-0.3, -0.25) is 4.79 Å². The third-order valence-electron chi connectivity index (χ3n) is 13.5. The average Bonchev–Trinajstić information content (AvgIpc) is 3.02. The van der Waals surface area contributed by atoms with Crippen LogP contribution in [0.1, 0.15) is 168 Å². The summed E-state index contributed by atoms with van der Waals surface area (Å²) in [6.07, 6.45) is 16.5. The Kier molecular flexibility index (Phi) is 21.4. The second-order valence-electron chi connectivity index (χ2n) is 22.2. The number of hydrogen-bond donors (Lipinski definition) is 0. The van der Waals surface area contributed by atoms with Crippen LogP contribution in [0.2, 0.25) is 54.4 Å². The number of rotatable bonds is 12. The second-order valence-corrected chi connectivity index (χ2v) is 36.4. The standard InChI is InChI=1S/C48H92O5Si3/c1-21-22-23-24-26-29-37(2)34-41-35-38(3)30-27-25-28-31-42(51-54(15,16)46(6,7)8)43(52-55(17,18)47(9,10)11)33-32-39(4)36-44(40(5)45(49)50-41)53-56(19,20)48(12,13)14/h26,29,34,38-44H,21-24,28,30-33,35-36H2,1-20H3/b29-26+,37-34+/t38-,39+,40-,41-,42+,43+,44-/m1/s1. The lowest BCUT2D eigenvalue weighted by Crippen LogP contribution is -2.52. The molecule has 0 saturated carbocycles. The number of hydrogen-bond acceptors (Lipinski definition) is 5. The lowest BCUT2D eigenvalue weighted by molar-refractivity contribution is -0.155. The van der Waals surface area contributed by atoms with Crippen LogP contribution in [-0.4, -0.2) is 55.3 Å². The van der Waals surface area contributed by atoms with Gasteiger partial charge in [0.25, 0.3) is 0 Å².